The van der Waals surface area contributed by atoms with Crippen molar-refractivity contribution < 1.29 is 21.6 Å². The van der Waals surface area contributed by atoms with Crippen LogP contribution in [0.2, 0.25) is 0 Å². The summed E-state index contributed by atoms with van der Waals surface area (Å²) in [5.74, 6) is 0. The summed E-state index contributed by atoms with van der Waals surface area (Å²) in [6.45, 7) is -0.717. The number of nitrogens with one attached hydrogen (secondary N) is 2. The summed E-state index contributed by atoms with van der Waals surface area (Å²) in [5, 5.41) is 2.28. The zero-order valence-electron chi connectivity index (χ0n) is 9.45. The van der Waals surface area contributed by atoms with E-state index in [0.29, 0.717) is 0 Å². The van der Waals surface area contributed by atoms with Gasteiger partial charge in [-0.3, -0.25) is 0 Å². The van der Waals surface area contributed by atoms with Gasteiger partial charge in [-0.1, -0.05) is 0 Å². The van der Waals surface area contributed by atoms with Crippen molar-refractivity contribution in [1.82, 2.24) is 9.71 Å². The van der Waals surface area contributed by atoms with Crippen molar-refractivity contribution in [3.05, 3.63) is 18.3 Å². The molecular formula is C9H12F3N3O2S. The fourth-order valence-corrected chi connectivity index (χ4v) is 2.36. The highest BCUT2D eigenvalue weighted by molar-refractivity contribution is 7.89. The molecule has 0 saturated carbocycles. The molecule has 2 N–H and O–H groups in total. The quantitative estimate of drug-likeness (QED) is 0.856. The number of sulfonamides is 1. The highest BCUT2D eigenvalue weighted by Crippen LogP contribution is 2.20. The lowest BCUT2D eigenvalue weighted by Crippen LogP contribution is -2.29. The number of halogens is 3. The Hall–Kier alpha value is -1.35. The third-order valence-electron chi connectivity index (χ3n) is 2.00. The Morgan fingerprint density at radius 3 is 2.61 bits per heavy atom. The minimum Gasteiger partial charge on any atom is -0.386 e. The molecule has 0 aromatic carbocycles. The molecule has 0 aliphatic heterocycles. The van der Waals surface area contributed by atoms with E-state index in [4.69, 9.17) is 0 Å². The first kappa shape index (κ1) is 14.7. The zero-order valence-corrected chi connectivity index (χ0v) is 10.3. The molecular weight excluding hydrogens is 271 g/mol. The first-order valence-electron chi connectivity index (χ1n) is 4.95. The van der Waals surface area contributed by atoms with E-state index >= 15 is 0 Å². The second kappa shape index (κ2) is 5.53. The van der Waals surface area contributed by atoms with Crippen LogP contribution in [0.25, 0.3) is 0 Å². The Labute approximate surface area is 102 Å². The van der Waals surface area contributed by atoms with Gasteiger partial charge in [0.1, 0.15) is 0 Å². The molecule has 102 valence electrons. The second-order valence-corrected chi connectivity index (χ2v) is 5.05. The molecule has 0 bridgehead atoms. The smallest absolute Gasteiger partial charge is 0.386 e. The summed E-state index contributed by atoms with van der Waals surface area (Å²) >= 11 is 0. The summed E-state index contributed by atoms with van der Waals surface area (Å²) in [7, 11) is -2.56. The maximum absolute atomic E-state index is 11.9. The van der Waals surface area contributed by atoms with Gasteiger partial charge in [-0.2, -0.15) is 13.2 Å². The monoisotopic (exact) mass is 283 g/mol. The normalized spacial score (nSPS) is 12.4. The molecule has 1 heterocycles. The van der Waals surface area contributed by atoms with Gasteiger partial charge in [-0.05, 0) is 12.1 Å². The Morgan fingerprint density at radius 2 is 2.06 bits per heavy atom. The van der Waals surface area contributed by atoms with Crippen LogP contribution in [0.3, 0.4) is 0 Å². The molecule has 1 aromatic rings. The van der Waals surface area contributed by atoms with Gasteiger partial charge in [0.05, 0.1) is 12.1 Å². The maximum Gasteiger partial charge on any atom is 0.390 e. The number of aromatic nitrogens is 1. The molecule has 9 heteroatoms. The van der Waals surface area contributed by atoms with Gasteiger partial charge in [-0.25, -0.2) is 18.1 Å². The maximum atomic E-state index is 11.9. The van der Waals surface area contributed by atoms with Gasteiger partial charge in [0, 0.05) is 19.8 Å². The van der Waals surface area contributed by atoms with Crippen LogP contribution in [0.4, 0.5) is 18.9 Å². The summed E-state index contributed by atoms with van der Waals surface area (Å²) in [6, 6.07) is 2.98. The first-order chi connectivity index (χ1) is 8.26. The Morgan fingerprint density at radius 1 is 1.39 bits per heavy atom. The third kappa shape index (κ3) is 4.15. The molecule has 1 rings (SSSR count). The number of alkyl halides is 3. The largest absolute Gasteiger partial charge is 0.390 e. The van der Waals surface area contributed by atoms with Gasteiger partial charge < -0.3 is 5.32 Å². The van der Waals surface area contributed by atoms with Crippen LogP contribution in [0.5, 0.6) is 0 Å². The Kier molecular flexibility index (Phi) is 4.52. The predicted molar refractivity (Wildman–Crippen MR) is 59.6 cm³/mol. The van der Waals surface area contributed by atoms with E-state index in [0.717, 1.165) is 0 Å². The van der Waals surface area contributed by atoms with Crippen LogP contribution in [0, 0.1) is 0 Å². The van der Waals surface area contributed by atoms with Crippen molar-refractivity contribution in [1.29, 1.82) is 0 Å². The lowest BCUT2D eigenvalue weighted by atomic mass is 10.4. The van der Waals surface area contributed by atoms with Crippen molar-refractivity contribution in [2.24, 2.45) is 0 Å². The van der Waals surface area contributed by atoms with Crippen molar-refractivity contribution >= 4 is 15.7 Å². The number of hydrogen-bond donors (Lipinski definition) is 2. The molecule has 5 nitrogen and oxygen atoms in total. The van der Waals surface area contributed by atoms with Gasteiger partial charge >= 0.3 is 6.18 Å². The van der Waals surface area contributed by atoms with E-state index in [1.807, 2.05) is 4.72 Å². The predicted octanol–water partition coefficient (Wildman–Crippen LogP) is 1.35. The minimum atomic E-state index is -4.40. The van der Waals surface area contributed by atoms with Gasteiger partial charge in [0.15, 0.2) is 5.03 Å². The number of hydrogen-bond acceptors (Lipinski definition) is 4. The zero-order chi connectivity index (χ0) is 13.8. The molecule has 0 fully saturated rings. The third-order valence-corrected chi connectivity index (χ3v) is 3.41. The molecule has 1 aromatic heterocycles. The van der Waals surface area contributed by atoms with Crippen molar-refractivity contribution in [2.75, 3.05) is 18.9 Å². The van der Waals surface area contributed by atoms with Crippen LogP contribution >= 0.6 is 0 Å². The molecule has 0 aliphatic carbocycles. The van der Waals surface area contributed by atoms with E-state index in [1.54, 1.807) is 0 Å². The Bertz CT molecular complexity index is 502. The molecule has 0 radical (unpaired) electrons. The average Bonchev–Trinajstić information content (AvgIpc) is 2.27. The van der Waals surface area contributed by atoms with Crippen LogP contribution in [-0.2, 0) is 10.0 Å². The van der Waals surface area contributed by atoms with Crippen LogP contribution in [0.15, 0.2) is 23.4 Å². The van der Waals surface area contributed by atoms with Crippen LogP contribution < -0.4 is 10.0 Å². The van der Waals surface area contributed by atoms with Crippen molar-refractivity contribution in [2.45, 2.75) is 17.6 Å². The molecule has 0 unspecified atom stereocenters. The lowest BCUT2D eigenvalue weighted by Gasteiger charge is -2.10. The minimum absolute atomic E-state index is 0.219. The van der Waals surface area contributed by atoms with E-state index < -0.39 is 29.2 Å². The molecule has 18 heavy (non-hydrogen) atoms. The number of anilines is 1. The second-order valence-electron chi connectivity index (χ2n) is 3.37. The van der Waals surface area contributed by atoms with Crippen molar-refractivity contribution in [3.63, 3.8) is 0 Å². The fourth-order valence-electron chi connectivity index (χ4n) is 1.19. The lowest BCUT2D eigenvalue weighted by molar-refractivity contribution is -0.132. The number of pyridine rings is 1. The van der Waals surface area contributed by atoms with E-state index in [9.17, 15) is 21.6 Å². The molecule has 0 aliphatic rings. The fraction of sp³-hybridized carbons (Fsp3) is 0.444. The topological polar surface area (TPSA) is 71.1 Å². The first-order valence-corrected chi connectivity index (χ1v) is 6.44. The molecule has 0 saturated heterocycles. The van der Waals surface area contributed by atoms with E-state index in [1.165, 1.54) is 25.4 Å². The SMILES string of the molecule is CNc1cccnc1S(=O)(=O)NCCC(F)(F)F. The summed E-state index contributed by atoms with van der Waals surface area (Å²) in [6.07, 6.45) is -4.38. The molecule has 0 atom stereocenters. The van der Waals surface area contributed by atoms with Gasteiger partial charge in [0.2, 0.25) is 0 Å². The highest BCUT2D eigenvalue weighted by atomic mass is 32.2. The molecule has 0 amide bonds. The molecule has 0 spiro atoms. The Balaban J connectivity index is 2.81. The van der Waals surface area contributed by atoms with Crippen LogP contribution in [0.1, 0.15) is 6.42 Å². The average molecular weight is 283 g/mol. The summed E-state index contributed by atoms with van der Waals surface area (Å²) in [5.41, 5.74) is 0.219. The van der Waals surface area contributed by atoms with E-state index in [2.05, 4.69) is 10.3 Å². The van der Waals surface area contributed by atoms with Crippen molar-refractivity contribution in [3.8, 4) is 0 Å². The van der Waals surface area contributed by atoms with E-state index in [-0.39, 0.29) is 10.7 Å². The standard InChI is InChI=1S/C9H12F3N3O2S/c1-13-7-3-2-5-14-8(7)18(16,17)15-6-4-9(10,11)12/h2-3,5,13,15H,4,6H2,1H3. The summed E-state index contributed by atoms with van der Waals surface area (Å²) in [4.78, 5) is 3.64. The van der Waals surface area contributed by atoms with Gasteiger partial charge in [0.25, 0.3) is 10.0 Å². The van der Waals surface area contributed by atoms with Crippen LogP contribution in [-0.4, -0.2) is 33.2 Å². The number of nitrogens with zero attached hydrogens (tertiary/aromatic N) is 1. The highest BCUT2D eigenvalue weighted by Gasteiger charge is 2.28. The number of rotatable bonds is 5. The van der Waals surface area contributed by atoms with Gasteiger partial charge in [-0.15, -0.1) is 0 Å². The summed E-state index contributed by atoms with van der Waals surface area (Å²) < 4.78 is 61.0.